The van der Waals surface area contributed by atoms with Gasteiger partial charge in [0.15, 0.2) is 0 Å². The quantitative estimate of drug-likeness (QED) is 0.451. The molecule has 0 aromatic heterocycles. The van der Waals surface area contributed by atoms with Crippen molar-refractivity contribution in [2.45, 2.75) is 30.1 Å². The van der Waals surface area contributed by atoms with Gasteiger partial charge in [0.2, 0.25) is 11.8 Å². The van der Waals surface area contributed by atoms with E-state index in [4.69, 9.17) is 11.6 Å². The smallest absolute Gasteiger partial charge is 0.264 e. The van der Waals surface area contributed by atoms with Crippen molar-refractivity contribution in [3.8, 4) is 0 Å². The summed E-state index contributed by atoms with van der Waals surface area (Å²) in [6.45, 7) is 0.522. The SMILES string of the molecule is O=C(NCC(C(=O)NS(=O)(=O)c1ccc(Cl)cc1)c1ccccc1)c1ccc(N2CCCCC2=O)cc1. The fourth-order valence-electron chi connectivity index (χ4n) is 4.09. The van der Waals surface area contributed by atoms with E-state index in [0.29, 0.717) is 29.1 Å². The van der Waals surface area contributed by atoms with Gasteiger partial charge >= 0.3 is 0 Å². The van der Waals surface area contributed by atoms with Crippen LogP contribution in [0.25, 0.3) is 0 Å². The molecule has 1 fully saturated rings. The van der Waals surface area contributed by atoms with Crippen LogP contribution in [0.15, 0.2) is 83.8 Å². The minimum Gasteiger partial charge on any atom is -0.351 e. The lowest BCUT2D eigenvalue weighted by Gasteiger charge is -2.26. The summed E-state index contributed by atoms with van der Waals surface area (Å²) in [5, 5.41) is 3.09. The third-order valence-electron chi connectivity index (χ3n) is 6.11. The molecule has 0 saturated carbocycles. The maximum Gasteiger partial charge on any atom is 0.264 e. The van der Waals surface area contributed by atoms with Crippen LogP contribution in [0.5, 0.6) is 0 Å². The fourth-order valence-corrected chi connectivity index (χ4v) is 5.24. The van der Waals surface area contributed by atoms with E-state index in [2.05, 4.69) is 10.0 Å². The van der Waals surface area contributed by atoms with Crippen LogP contribution < -0.4 is 14.9 Å². The van der Waals surface area contributed by atoms with Crippen molar-refractivity contribution in [2.75, 3.05) is 18.0 Å². The van der Waals surface area contributed by atoms with Crippen LogP contribution in [0.1, 0.15) is 41.1 Å². The third-order valence-corrected chi connectivity index (χ3v) is 7.72. The van der Waals surface area contributed by atoms with Crippen LogP contribution >= 0.6 is 11.6 Å². The van der Waals surface area contributed by atoms with Gasteiger partial charge in [-0.1, -0.05) is 41.9 Å². The predicted molar refractivity (Wildman–Crippen MR) is 141 cm³/mol. The first-order chi connectivity index (χ1) is 17.7. The zero-order chi connectivity index (χ0) is 26.4. The van der Waals surface area contributed by atoms with Gasteiger partial charge in [0.25, 0.3) is 15.9 Å². The minimum atomic E-state index is -4.14. The second-order valence-corrected chi connectivity index (χ2v) is 10.8. The number of rotatable bonds is 8. The normalized spacial score (nSPS) is 14.6. The second-order valence-electron chi connectivity index (χ2n) is 8.65. The number of anilines is 1. The van der Waals surface area contributed by atoms with Gasteiger partial charge in [-0.3, -0.25) is 14.4 Å². The Hall–Kier alpha value is -3.69. The van der Waals surface area contributed by atoms with Gasteiger partial charge < -0.3 is 10.2 Å². The first-order valence-corrected chi connectivity index (χ1v) is 13.7. The first-order valence-electron chi connectivity index (χ1n) is 11.8. The van der Waals surface area contributed by atoms with E-state index in [1.807, 2.05) is 0 Å². The lowest BCUT2D eigenvalue weighted by atomic mass is 9.98. The Balaban J connectivity index is 1.46. The molecule has 0 bridgehead atoms. The maximum absolute atomic E-state index is 13.1. The summed E-state index contributed by atoms with van der Waals surface area (Å²) in [6, 6.07) is 20.7. The highest BCUT2D eigenvalue weighted by molar-refractivity contribution is 7.90. The molecule has 1 aliphatic heterocycles. The predicted octanol–water partition coefficient (Wildman–Crippen LogP) is 3.88. The van der Waals surface area contributed by atoms with Gasteiger partial charge in [-0.25, -0.2) is 13.1 Å². The molecule has 37 heavy (non-hydrogen) atoms. The molecule has 3 amide bonds. The zero-order valence-electron chi connectivity index (χ0n) is 19.9. The van der Waals surface area contributed by atoms with Crippen molar-refractivity contribution >= 4 is 45.0 Å². The number of carbonyl (C=O) groups excluding carboxylic acids is 3. The molecule has 1 saturated heterocycles. The summed E-state index contributed by atoms with van der Waals surface area (Å²) < 4.78 is 27.6. The van der Waals surface area contributed by atoms with E-state index in [9.17, 15) is 22.8 Å². The molecule has 3 aromatic rings. The fraction of sp³-hybridized carbons (Fsp3) is 0.222. The average Bonchev–Trinajstić information content (AvgIpc) is 2.90. The Morgan fingerprint density at radius 3 is 2.24 bits per heavy atom. The molecule has 8 nitrogen and oxygen atoms in total. The number of halogens is 1. The number of benzene rings is 3. The molecule has 0 radical (unpaired) electrons. The summed E-state index contributed by atoms with van der Waals surface area (Å²) in [6.07, 6.45) is 2.33. The minimum absolute atomic E-state index is 0.0636. The third kappa shape index (κ3) is 6.55. The van der Waals surface area contributed by atoms with Crippen LogP contribution in [0.2, 0.25) is 5.02 Å². The molecular formula is C27H26ClN3O5S. The average molecular weight is 540 g/mol. The van der Waals surface area contributed by atoms with E-state index < -0.39 is 27.8 Å². The van der Waals surface area contributed by atoms with E-state index >= 15 is 0 Å². The maximum atomic E-state index is 13.1. The molecule has 10 heteroatoms. The van der Waals surface area contributed by atoms with Crippen molar-refractivity contribution in [1.29, 1.82) is 0 Å². The van der Waals surface area contributed by atoms with Crippen LogP contribution in [0.3, 0.4) is 0 Å². The lowest BCUT2D eigenvalue weighted by molar-refractivity contribution is -0.121. The lowest BCUT2D eigenvalue weighted by Crippen LogP contribution is -2.40. The number of carbonyl (C=O) groups is 3. The highest BCUT2D eigenvalue weighted by Crippen LogP contribution is 2.22. The van der Waals surface area contributed by atoms with Gasteiger partial charge in [0.05, 0.1) is 10.8 Å². The molecule has 192 valence electrons. The molecule has 1 unspecified atom stereocenters. The van der Waals surface area contributed by atoms with E-state index in [0.717, 1.165) is 18.5 Å². The summed E-state index contributed by atoms with van der Waals surface area (Å²) in [4.78, 5) is 39.7. The van der Waals surface area contributed by atoms with Crippen LogP contribution in [-0.4, -0.2) is 39.2 Å². The van der Waals surface area contributed by atoms with Gasteiger partial charge in [-0.05, 0) is 66.9 Å². The molecule has 3 aromatic carbocycles. The molecule has 2 N–H and O–H groups in total. The Morgan fingerprint density at radius 1 is 0.919 bits per heavy atom. The Morgan fingerprint density at radius 2 is 1.59 bits per heavy atom. The highest BCUT2D eigenvalue weighted by Gasteiger charge is 2.27. The number of amides is 3. The summed E-state index contributed by atoms with van der Waals surface area (Å²) >= 11 is 5.83. The van der Waals surface area contributed by atoms with Gasteiger partial charge in [0.1, 0.15) is 0 Å². The Bertz CT molecular complexity index is 1380. The molecule has 4 rings (SSSR count). The molecular weight excluding hydrogens is 514 g/mol. The first kappa shape index (κ1) is 26.4. The summed E-state index contributed by atoms with van der Waals surface area (Å²) in [5.41, 5.74) is 1.63. The van der Waals surface area contributed by atoms with Crippen LogP contribution in [0.4, 0.5) is 5.69 Å². The van der Waals surface area contributed by atoms with Gasteiger partial charge in [-0.2, -0.15) is 0 Å². The van der Waals surface area contributed by atoms with Crippen molar-refractivity contribution in [1.82, 2.24) is 10.0 Å². The molecule has 0 spiro atoms. The largest absolute Gasteiger partial charge is 0.351 e. The van der Waals surface area contributed by atoms with Crippen molar-refractivity contribution < 1.29 is 22.8 Å². The summed E-state index contributed by atoms with van der Waals surface area (Å²) in [5.74, 6) is -2.10. The van der Waals surface area contributed by atoms with E-state index in [1.54, 1.807) is 59.5 Å². The molecule has 1 atom stereocenters. The molecule has 0 aliphatic carbocycles. The number of hydrogen-bond donors (Lipinski definition) is 2. The topological polar surface area (TPSA) is 113 Å². The standard InChI is InChI=1S/C27H26ClN3O5S/c28-21-11-15-23(16-12-21)37(35,36)30-27(34)24(19-6-2-1-3-7-19)18-29-26(33)20-9-13-22(14-10-20)31-17-5-4-8-25(31)32/h1-3,6-7,9-16,24H,4-5,8,17-18H2,(H,29,33)(H,30,34). The zero-order valence-corrected chi connectivity index (χ0v) is 21.5. The van der Waals surface area contributed by atoms with Crippen molar-refractivity contribution in [3.63, 3.8) is 0 Å². The van der Waals surface area contributed by atoms with Crippen LogP contribution in [-0.2, 0) is 19.6 Å². The van der Waals surface area contributed by atoms with E-state index in [1.165, 1.54) is 24.3 Å². The van der Waals surface area contributed by atoms with Crippen molar-refractivity contribution in [2.24, 2.45) is 0 Å². The second kappa shape index (κ2) is 11.6. The number of nitrogens with one attached hydrogen (secondary N) is 2. The molecule has 1 heterocycles. The van der Waals surface area contributed by atoms with Gasteiger partial charge in [0, 0.05) is 35.8 Å². The van der Waals surface area contributed by atoms with Crippen LogP contribution in [0, 0.1) is 0 Å². The summed E-state index contributed by atoms with van der Waals surface area (Å²) in [7, 11) is -4.14. The number of piperidine rings is 1. The van der Waals surface area contributed by atoms with E-state index in [-0.39, 0.29) is 17.3 Å². The number of hydrogen-bond acceptors (Lipinski definition) is 5. The van der Waals surface area contributed by atoms with Gasteiger partial charge in [-0.15, -0.1) is 0 Å². The van der Waals surface area contributed by atoms with Crippen molar-refractivity contribution in [3.05, 3.63) is 95.0 Å². The Kier molecular flexibility index (Phi) is 8.25. The molecule has 1 aliphatic rings. The Labute approximate surface area is 220 Å². The monoisotopic (exact) mass is 539 g/mol. The number of sulfonamides is 1. The highest BCUT2D eigenvalue weighted by atomic mass is 35.5. The number of nitrogens with zero attached hydrogens (tertiary/aromatic N) is 1.